The molecule has 20 heavy (non-hydrogen) atoms. The first-order valence-electron chi connectivity index (χ1n) is 8.57. The minimum atomic E-state index is -0.0766. The van der Waals surface area contributed by atoms with Crippen LogP contribution in [0.3, 0.4) is 0 Å². The van der Waals surface area contributed by atoms with Crippen molar-refractivity contribution in [1.82, 2.24) is 10.6 Å². The monoisotopic (exact) mass is 282 g/mol. The quantitative estimate of drug-likeness (QED) is 0.727. The summed E-state index contributed by atoms with van der Waals surface area (Å²) in [6.07, 6.45) is 8.52. The lowest BCUT2D eigenvalue weighted by molar-refractivity contribution is 0.0475. The molecule has 1 saturated heterocycles. The second-order valence-electron chi connectivity index (χ2n) is 6.86. The van der Waals surface area contributed by atoms with E-state index in [4.69, 9.17) is 4.74 Å². The van der Waals surface area contributed by atoms with Crippen LogP contribution >= 0.6 is 0 Å². The van der Waals surface area contributed by atoms with Gasteiger partial charge >= 0.3 is 0 Å². The van der Waals surface area contributed by atoms with Gasteiger partial charge in [-0.2, -0.15) is 0 Å². The van der Waals surface area contributed by atoms with Crippen LogP contribution in [0, 0.1) is 11.8 Å². The maximum absolute atomic E-state index is 10.1. The van der Waals surface area contributed by atoms with Crippen LogP contribution in [0.2, 0.25) is 0 Å². The van der Waals surface area contributed by atoms with Crippen molar-refractivity contribution < 1.29 is 9.84 Å². The van der Waals surface area contributed by atoms with E-state index < -0.39 is 0 Å². The smallest absolute Gasteiger partial charge is 0.0623 e. The molecule has 4 nitrogen and oxygen atoms in total. The third-order valence-electron chi connectivity index (χ3n) is 5.55. The molecule has 0 bridgehead atoms. The number of hydrogen-bond donors (Lipinski definition) is 3. The molecule has 3 fully saturated rings. The van der Waals surface area contributed by atoms with Gasteiger partial charge in [-0.1, -0.05) is 19.3 Å². The molecule has 0 amide bonds. The molecule has 0 aromatic heterocycles. The second kappa shape index (κ2) is 7.21. The highest BCUT2D eigenvalue weighted by Crippen LogP contribution is 2.30. The van der Waals surface area contributed by atoms with Crippen molar-refractivity contribution >= 4 is 0 Å². The molecule has 3 rings (SSSR count). The van der Waals surface area contributed by atoms with E-state index in [1.807, 2.05) is 0 Å². The van der Waals surface area contributed by atoms with Crippen molar-refractivity contribution in [2.45, 2.75) is 63.1 Å². The molecule has 2 aliphatic carbocycles. The highest BCUT2D eigenvalue weighted by molar-refractivity contribution is 4.92. The van der Waals surface area contributed by atoms with Crippen LogP contribution < -0.4 is 10.6 Å². The Morgan fingerprint density at radius 2 is 2.00 bits per heavy atom. The van der Waals surface area contributed by atoms with E-state index in [0.29, 0.717) is 23.9 Å². The standard InChI is InChI=1S/C16H30N2O2/c19-16-7-2-1-4-12(16)10-18-14-6-3-5-13(14)15-11-20-9-8-17-15/h12-19H,1-11H2. The Balaban J connectivity index is 1.48. The molecule has 5 atom stereocenters. The summed E-state index contributed by atoms with van der Waals surface area (Å²) in [5.41, 5.74) is 0. The molecule has 2 saturated carbocycles. The van der Waals surface area contributed by atoms with Crippen LogP contribution in [-0.4, -0.2) is 49.6 Å². The Morgan fingerprint density at radius 1 is 1.10 bits per heavy atom. The van der Waals surface area contributed by atoms with Gasteiger partial charge in [0.15, 0.2) is 0 Å². The number of hydrogen-bond acceptors (Lipinski definition) is 4. The van der Waals surface area contributed by atoms with Gasteiger partial charge in [0.25, 0.3) is 0 Å². The lowest BCUT2D eigenvalue weighted by atomic mass is 9.86. The summed E-state index contributed by atoms with van der Waals surface area (Å²) in [4.78, 5) is 0. The van der Waals surface area contributed by atoms with Crippen LogP contribution in [0.15, 0.2) is 0 Å². The fraction of sp³-hybridized carbons (Fsp3) is 1.00. The zero-order chi connectivity index (χ0) is 13.8. The van der Waals surface area contributed by atoms with Crippen LogP contribution in [0.25, 0.3) is 0 Å². The summed E-state index contributed by atoms with van der Waals surface area (Å²) in [5, 5.41) is 17.5. The third-order valence-corrected chi connectivity index (χ3v) is 5.55. The zero-order valence-electron chi connectivity index (χ0n) is 12.5. The summed E-state index contributed by atoms with van der Waals surface area (Å²) in [5.74, 6) is 1.18. The topological polar surface area (TPSA) is 53.5 Å². The van der Waals surface area contributed by atoms with Gasteiger partial charge in [0, 0.05) is 25.2 Å². The van der Waals surface area contributed by atoms with E-state index in [2.05, 4.69) is 10.6 Å². The highest BCUT2D eigenvalue weighted by Gasteiger charge is 2.35. The number of aliphatic hydroxyl groups excluding tert-OH is 1. The van der Waals surface area contributed by atoms with E-state index >= 15 is 0 Å². The summed E-state index contributed by atoms with van der Waals surface area (Å²) in [7, 11) is 0. The zero-order valence-corrected chi connectivity index (χ0v) is 12.5. The first kappa shape index (κ1) is 14.8. The summed E-state index contributed by atoms with van der Waals surface area (Å²) < 4.78 is 5.62. The third kappa shape index (κ3) is 3.53. The lowest BCUT2D eigenvalue weighted by Crippen LogP contribution is -2.51. The maximum atomic E-state index is 10.1. The number of nitrogens with one attached hydrogen (secondary N) is 2. The van der Waals surface area contributed by atoms with Crippen molar-refractivity contribution in [3.63, 3.8) is 0 Å². The van der Waals surface area contributed by atoms with Gasteiger partial charge in [-0.15, -0.1) is 0 Å². The van der Waals surface area contributed by atoms with Crippen LogP contribution in [0.4, 0.5) is 0 Å². The largest absolute Gasteiger partial charge is 0.393 e. The van der Waals surface area contributed by atoms with Crippen molar-refractivity contribution in [1.29, 1.82) is 0 Å². The molecule has 0 aromatic carbocycles. The molecule has 1 heterocycles. The number of aliphatic hydroxyl groups is 1. The molecule has 3 N–H and O–H groups in total. The first-order valence-corrected chi connectivity index (χ1v) is 8.57. The van der Waals surface area contributed by atoms with Crippen LogP contribution in [-0.2, 0) is 4.74 Å². The van der Waals surface area contributed by atoms with Gasteiger partial charge in [-0.25, -0.2) is 0 Å². The summed E-state index contributed by atoms with van der Waals surface area (Å²) >= 11 is 0. The second-order valence-corrected chi connectivity index (χ2v) is 6.86. The van der Waals surface area contributed by atoms with Crippen molar-refractivity contribution in [2.24, 2.45) is 11.8 Å². The first-order chi connectivity index (χ1) is 9.84. The summed E-state index contributed by atoms with van der Waals surface area (Å²) in [6, 6.07) is 1.14. The predicted molar refractivity (Wildman–Crippen MR) is 79.7 cm³/mol. The Bertz CT molecular complexity index is 294. The average molecular weight is 282 g/mol. The van der Waals surface area contributed by atoms with Crippen molar-refractivity contribution in [3.05, 3.63) is 0 Å². The number of ether oxygens (including phenoxy) is 1. The Labute approximate surface area is 122 Å². The molecule has 1 aliphatic heterocycles. The normalized spacial score (nSPS) is 42.8. The van der Waals surface area contributed by atoms with Crippen molar-refractivity contribution in [3.8, 4) is 0 Å². The highest BCUT2D eigenvalue weighted by atomic mass is 16.5. The van der Waals surface area contributed by atoms with Gasteiger partial charge in [-0.05, 0) is 37.5 Å². The summed E-state index contributed by atoms with van der Waals surface area (Å²) in [6.45, 7) is 3.72. The lowest BCUT2D eigenvalue weighted by Gasteiger charge is -2.34. The molecule has 116 valence electrons. The molecule has 4 heteroatoms. The van der Waals surface area contributed by atoms with Crippen LogP contribution in [0.5, 0.6) is 0 Å². The minimum Gasteiger partial charge on any atom is -0.393 e. The van der Waals surface area contributed by atoms with Gasteiger partial charge in [-0.3, -0.25) is 0 Å². The molecule has 3 aliphatic rings. The molecular formula is C16H30N2O2. The van der Waals surface area contributed by atoms with E-state index in [9.17, 15) is 5.11 Å². The van der Waals surface area contributed by atoms with Crippen LogP contribution in [0.1, 0.15) is 44.9 Å². The fourth-order valence-electron chi connectivity index (χ4n) is 4.31. The fourth-order valence-corrected chi connectivity index (χ4v) is 4.31. The van der Waals surface area contributed by atoms with E-state index in [1.54, 1.807) is 0 Å². The molecule has 0 spiro atoms. The van der Waals surface area contributed by atoms with E-state index in [1.165, 1.54) is 38.5 Å². The minimum absolute atomic E-state index is 0.0766. The molecule has 0 radical (unpaired) electrons. The van der Waals surface area contributed by atoms with Gasteiger partial charge < -0.3 is 20.5 Å². The Morgan fingerprint density at radius 3 is 2.80 bits per heavy atom. The maximum Gasteiger partial charge on any atom is 0.0623 e. The molecule has 5 unspecified atom stereocenters. The SMILES string of the molecule is OC1CCCCC1CNC1CCCC1C1COCCN1. The number of morpholine rings is 1. The van der Waals surface area contributed by atoms with Gasteiger partial charge in [0.2, 0.25) is 0 Å². The van der Waals surface area contributed by atoms with Gasteiger partial charge in [0.05, 0.1) is 19.3 Å². The molecule has 0 aromatic rings. The Kier molecular flexibility index (Phi) is 5.32. The average Bonchev–Trinajstić information content (AvgIpc) is 2.96. The van der Waals surface area contributed by atoms with Gasteiger partial charge in [0.1, 0.15) is 0 Å². The van der Waals surface area contributed by atoms with Crippen molar-refractivity contribution in [2.75, 3.05) is 26.3 Å². The predicted octanol–water partition coefficient (Wildman–Crippen LogP) is 1.28. The molecular weight excluding hydrogens is 252 g/mol. The number of rotatable bonds is 4. The van der Waals surface area contributed by atoms with E-state index in [-0.39, 0.29) is 6.10 Å². The Hall–Kier alpha value is -0.160. The van der Waals surface area contributed by atoms with E-state index in [0.717, 1.165) is 32.7 Å².